The number of aryl methyl sites for hydroxylation is 2. The topological polar surface area (TPSA) is 69.4 Å². The van der Waals surface area contributed by atoms with Crippen molar-refractivity contribution in [2.45, 2.75) is 20.3 Å². The van der Waals surface area contributed by atoms with Crippen LogP contribution in [0.15, 0.2) is 55.2 Å². The highest BCUT2D eigenvalue weighted by Crippen LogP contribution is 2.25. The van der Waals surface area contributed by atoms with Gasteiger partial charge in [0.25, 0.3) is 0 Å². The van der Waals surface area contributed by atoms with Crippen LogP contribution in [-0.2, 0) is 6.42 Å². The van der Waals surface area contributed by atoms with E-state index in [1.165, 1.54) is 12.3 Å². The van der Waals surface area contributed by atoms with Crippen LogP contribution in [-0.4, -0.2) is 25.1 Å². The van der Waals surface area contributed by atoms with Crippen LogP contribution in [0, 0.1) is 19.7 Å². The highest BCUT2D eigenvalue weighted by atomic mass is 19.1. The lowest BCUT2D eigenvalue weighted by Gasteiger charge is -2.10. The summed E-state index contributed by atoms with van der Waals surface area (Å²) in [4.78, 5) is 25.5. The molecular weight excluding hydrogens is 359 g/mol. The van der Waals surface area contributed by atoms with Crippen molar-refractivity contribution in [3.05, 3.63) is 83.6 Å². The second-order valence-electron chi connectivity index (χ2n) is 6.49. The fraction of sp³-hybridized carbons (Fsp3) is 0.143. The second kappa shape index (κ2) is 7.19. The quantitative estimate of drug-likeness (QED) is 0.491. The average molecular weight is 376 g/mol. The van der Waals surface area contributed by atoms with Crippen LogP contribution in [0.2, 0.25) is 0 Å². The highest BCUT2D eigenvalue weighted by molar-refractivity contribution is 6.02. The normalized spacial score (nSPS) is 11.0. The van der Waals surface area contributed by atoms with Crippen molar-refractivity contribution in [3.8, 4) is 11.5 Å². The van der Waals surface area contributed by atoms with E-state index in [1.54, 1.807) is 29.1 Å². The summed E-state index contributed by atoms with van der Waals surface area (Å²) < 4.78 is 20.8. The molecule has 0 spiro atoms. The number of Topliss-reactive ketones (excluding diaryl/α,β-unsaturated/α-hetero) is 1. The number of ketones is 1. The number of imidazole rings is 1. The van der Waals surface area contributed by atoms with Gasteiger partial charge in [0.1, 0.15) is 23.0 Å². The summed E-state index contributed by atoms with van der Waals surface area (Å²) in [7, 11) is 0. The van der Waals surface area contributed by atoms with Crippen LogP contribution in [0.4, 0.5) is 4.39 Å². The maximum absolute atomic E-state index is 13.4. The maximum atomic E-state index is 13.4. The molecule has 6 nitrogen and oxygen atoms in total. The predicted molar refractivity (Wildman–Crippen MR) is 101 cm³/mol. The lowest BCUT2D eigenvalue weighted by molar-refractivity contribution is 0.0992. The van der Waals surface area contributed by atoms with E-state index in [-0.39, 0.29) is 18.0 Å². The first-order valence-corrected chi connectivity index (χ1v) is 8.71. The molecule has 0 amide bonds. The molecule has 0 saturated carbocycles. The first kappa shape index (κ1) is 17.8. The zero-order valence-electron chi connectivity index (χ0n) is 15.4. The molecule has 28 heavy (non-hydrogen) atoms. The lowest BCUT2D eigenvalue weighted by Crippen LogP contribution is -2.08. The van der Waals surface area contributed by atoms with Crippen molar-refractivity contribution >= 4 is 11.4 Å². The van der Waals surface area contributed by atoms with Crippen molar-refractivity contribution in [1.29, 1.82) is 0 Å². The minimum absolute atomic E-state index is 0.130. The summed E-state index contributed by atoms with van der Waals surface area (Å²) in [6.45, 7) is 3.89. The van der Waals surface area contributed by atoms with E-state index >= 15 is 0 Å². The molecule has 0 radical (unpaired) electrons. The highest BCUT2D eigenvalue weighted by Gasteiger charge is 2.16. The molecule has 0 bridgehead atoms. The molecule has 140 valence electrons. The predicted octanol–water partition coefficient (Wildman–Crippen LogP) is 4.10. The third kappa shape index (κ3) is 3.59. The summed E-state index contributed by atoms with van der Waals surface area (Å²) in [5, 5.41) is 0. The number of halogens is 1. The van der Waals surface area contributed by atoms with Gasteiger partial charge in [-0.25, -0.2) is 9.37 Å². The van der Waals surface area contributed by atoms with E-state index in [9.17, 15) is 9.18 Å². The van der Waals surface area contributed by atoms with Gasteiger partial charge < -0.3 is 9.14 Å². The Balaban J connectivity index is 1.68. The Labute approximate surface area is 160 Å². The molecule has 0 aromatic carbocycles. The maximum Gasteiger partial charge on any atom is 0.172 e. The van der Waals surface area contributed by atoms with Crippen molar-refractivity contribution in [1.82, 2.24) is 19.4 Å². The van der Waals surface area contributed by atoms with Gasteiger partial charge in [0, 0.05) is 29.8 Å². The number of carbonyl (C=O) groups is 1. The summed E-state index contributed by atoms with van der Waals surface area (Å²) in [5.74, 6) is -0.00363. The van der Waals surface area contributed by atoms with Crippen LogP contribution >= 0.6 is 0 Å². The molecule has 0 aliphatic carbocycles. The van der Waals surface area contributed by atoms with Crippen molar-refractivity contribution in [2.75, 3.05) is 0 Å². The third-order valence-electron chi connectivity index (χ3n) is 4.43. The number of hydrogen-bond acceptors (Lipinski definition) is 5. The average Bonchev–Trinajstić information content (AvgIpc) is 3.12. The molecule has 0 N–H and O–H groups in total. The SMILES string of the molecule is Cc1ccc(CC(=O)c2cc(Oc3cncc(F)c3)cn3ccnc23)nc1C. The van der Waals surface area contributed by atoms with Crippen LogP contribution in [0.1, 0.15) is 27.3 Å². The number of rotatable bonds is 5. The summed E-state index contributed by atoms with van der Waals surface area (Å²) in [6.07, 6.45) is 7.65. The zero-order chi connectivity index (χ0) is 19.7. The van der Waals surface area contributed by atoms with Gasteiger partial charge in [-0.3, -0.25) is 14.8 Å². The number of aromatic nitrogens is 4. The van der Waals surface area contributed by atoms with E-state index in [0.29, 0.717) is 22.7 Å². The smallest absolute Gasteiger partial charge is 0.172 e. The third-order valence-corrected chi connectivity index (χ3v) is 4.43. The molecule has 0 fully saturated rings. The number of fused-ring (bicyclic) bond motifs is 1. The molecular formula is C21H17FN4O2. The minimum Gasteiger partial charge on any atom is -0.454 e. The van der Waals surface area contributed by atoms with Gasteiger partial charge in [-0.15, -0.1) is 0 Å². The largest absolute Gasteiger partial charge is 0.454 e. The Hall–Kier alpha value is -3.61. The summed E-state index contributed by atoms with van der Waals surface area (Å²) in [6, 6.07) is 6.64. The van der Waals surface area contributed by atoms with E-state index in [4.69, 9.17) is 4.74 Å². The zero-order valence-corrected chi connectivity index (χ0v) is 15.4. The van der Waals surface area contributed by atoms with Crippen LogP contribution in [0.5, 0.6) is 11.5 Å². The Morgan fingerprint density at radius 2 is 2.04 bits per heavy atom. The second-order valence-corrected chi connectivity index (χ2v) is 6.49. The number of pyridine rings is 3. The molecule has 4 aromatic rings. The fourth-order valence-corrected chi connectivity index (χ4v) is 2.89. The molecule has 0 saturated heterocycles. The van der Waals surface area contributed by atoms with Gasteiger partial charge in [0.2, 0.25) is 0 Å². The molecule has 4 aromatic heterocycles. The van der Waals surface area contributed by atoms with Crippen molar-refractivity contribution < 1.29 is 13.9 Å². The summed E-state index contributed by atoms with van der Waals surface area (Å²) >= 11 is 0. The fourth-order valence-electron chi connectivity index (χ4n) is 2.89. The number of hydrogen-bond donors (Lipinski definition) is 0. The minimum atomic E-state index is -0.502. The van der Waals surface area contributed by atoms with E-state index in [1.807, 2.05) is 26.0 Å². The van der Waals surface area contributed by atoms with Gasteiger partial charge >= 0.3 is 0 Å². The first-order valence-electron chi connectivity index (χ1n) is 8.71. The number of carbonyl (C=O) groups excluding carboxylic acids is 1. The van der Waals surface area contributed by atoms with E-state index in [2.05, 4.69) is 15.0 Å². The van der Waals surface area contributed by atoms with Gasteiger partial charge in [-0.2, -0.15) is 0 Å². The molecule has 4 rings (SSSR count). The summed E-state index contributed by atoms with van der Waals surface area (Å²) in [5.41, 5.74) is 3.60. The molecule has 7 heteroatoms. The van der Waals surface area contributed by atoms with Crippen molar-refractivity contribution in [3.63, 3.8) is 0 Å². The van der Waals surface area contributed by atoms with Crippen LogP contribution in [0.25, 0.3) is 5.65 Å². The van der Waals surface area contributed by atoms with E-state index in [0.717, 1.165) is 17.5 Å². The Morgan fingerprint density at radius 3 is 2.82 bits per heavy atom. The molecule has 4 heterocycles. The lowest BCUT2D eigenvalue weighted by atomic mass is 10.1. The number of ether oxygens (including phenoxy) is 1. The Morgan fingerprint density at radius 1 is 1.18 bits per heavy atom. The molecule has 0 atom stereocenters. The standard InChI is InChI=1S/C21H17FN4O2/c1-13-3-4-16(25-14(13)2)8-20(27)19-9-18(12-26-6-5-24-21(19)26)28-17-7-15(22)10-23-11-17/h3-7,9-12H,8H2,1-2H3. The first-order chi connectivity index (χ1) is 13.5. The van der Waals surface area contributed by atoms with Gasteiger partial charge in [0.15, 0.2) is 5.78 Å². The van der Waals surface area contributed by atoms with Gasteiger partial charge in [-0.05, 0) is 31.5 Å². The van der Waals surface area contributed by atoms with Crippen molar-refractivity contribution in [2.24, 2.45) is 0 Å². The Bertz CT molecular complexity index is 1190. The van der Waals surface area contributed by atoms with Crippen LogP contribution < -0.4 is 4.74 Å². The Kier molecular flexibility index (Phi) is 4.57. The molecule has 0 aliphatic rings. The number of nitrogens with zero attached hydrogens (tertiary/aromatic N) is 4. The monoisotopic (exact) mass is 376 g/mol. The molecule has 0 unspecified atom stereocenters. The molecule has 0 aliphatic heterocycles. The van der Waals surface area contributed by atoms with Gasteiger partial charge in [0.05, 0.1) is 30.6 Å². The van der Waals surface area contributed by atoms with Crippen LogP contribution in [0.3, 0.4) is 0 Å². The van der Waals surface area contributed by atoms with E-state index < -0.39 is 5.82 Å². The van der Waals surface area contributed by atoms with Gasteiger partial charge in [-0.1, -0.05) is 6.07 Å².